The Bertz CT molecular complexity index is 669. The van der Waals surface area contributed by atoms with Crippen LogP contribution >= 0.6 is 0 Å². The molecule has 2 N–H and O–H groups in total. The highest BCUT2D eigenvalue weighted by Gasteiger charge is 2.35. The summed E-state index contributed by atoms with van der Waals surface area (Å²) in [6.07, 6.45) is -3.71. The van der Waals surface area contributed by atoms with Crippen LogP contribution < -0.4 is 10.6 Å². The van der Waals surface area contributed by atoms with E-state index in [0.717, 1.165) is 17.4 Å². The van der Waals surface area contributed by atoms with Crippen molar-refractivity contribution in [3.05, 3.63) is 41.6 Å². The van der Waals surface area contributed by atoms with E-state index in [2.05, 4.69) is 26.7 Å². The van der Waals surface area contributed by atoms with Crippen LogP contribution in [0.15, 0.2) is 24.4 Å². The van der Waals surface area contributed by atoms with E-state index < -0.39 is 11.7 Å². The minimum atomic E-state index is -4.50. The maximum absolute atomic E-state index is 13.0. The monoisotopic (exact) mass is 323 g/mol. The molecule has 1 aromatic heterocycles. The van der Waals surface area contributed by atoms with Gasteiger partial charge in [0.2, 0.25) is 5.95 Å². The Labute approximate surface area is 133 Å². The first-order valence-electron chi connectivity index (χ1n) is 7.28. The number of anilines is 3. The molecule has 0 saturated carbocycles. The van der Waals surface area contributed by atoms with Crippen molar-refractivity contribution >= 4 is 17.5 Å². The quantitative estimate of drug-likeness (QED) is 0.844. The molecule has 2 rings (SSSR count). The smallest absolute Gasteiger partial charge is 0.370 e. The SMILES string of the molecule is CCNc1nc(Nc2cc[c]cc2C(C)C)ncc1C(F)(F)F. The number of hydrogen-bond acceptors (Lipinski definition) is 4. The van der Waals surface area contributed by atoms with Crippen LogP contribution in [0.1, 0.15) is 37.8 Å². The van der Waals surface area contributed by atoms with E-state index in [9.17, 15) is 13.2 Å². The van der Waals surface area contributed by atoms with Crippen molar-refractivity contribution in [3.63, 3.8) is 0 Å². The first-order chi connectivity index (χ1) is 10.8. The topological polar surface area (TPSA) is 49.8 Å². The molecule has 0 atom stereocenters. The average Bonchev–Trinajstić information content (AvgIpc) is 2.47. The van der Waals surface area contributed by atoms with Crippen LogP contribution in [0.4, 0.5) is 30.6 Å². The van der Waals surface area contributed by atoms with E-state index in [1.54, 1.807) is 19.1 Å². The molecular formula is C16H18F3N4. The maximum atomic E-state index is 13.0. The van der Waals surface area contributed by atoms with Crippen LogP contribution in [0.3, 0.4) is 0 Å². The Morgan fingerprint density at radius 2 is 2.04 bits per heavy atom. The molecule has 123 valence electrons. The van der Waals surface area contributed by atoms with Crippen LogP contribution in [0.2, 0.25) is 0 Å². The number of halogens is 3. The molecular weight excluding hydrogens is 305 g/mol. The van der Waals surface area contributed by atoms with Gasteiger partial charge in [0.1, 0.15) is 11.4 Å². The Morgan fingerprint density at radius 3 is 2.65 bits per heavy atom. The Hall–Kier alpha value is -2.31. The van der Waals surface area contributed by atoms with Crippen molar-refractivity contribution in [1.82, 2.24) is 9.97 Å². The molecule has 23 heavy (non-hydrogen) atoms. The number of benzene rings is 1. The minimum Gasteiger partial charge on any atom is -0.370 e. The summed E-state index contributed by atoms with van der Waals surface area (Å²) in [6, 6.07) is 8.34. The third-order valence-corrected chi connectivity index (χ3v) is 3.20. The largest absolute Gasteiger partial charge is 0.421 e. The van der Waals surface area contributed by atoms with E-state index in [1.165, 1.54) is 0 Å². The molecule has 1 aromatic carbocycles. The van der Waals surface area contributed by atoms with E-state index >= 15 is 0 Å². The fourth-order valence-electron chi connectivity index (χ4n) is 2.11. The number of nitrogens with zero attached hydrogens (tertiary/aromatic N) is 2. The fourth-order valence-corrected chi connectivity index (χ4v) is 2.11. The van der Waals surface area contributed by atoms with Crippen molar-refractivity contribution in [1.29, 1.82) is 0 Å². The number of aromatic nitrogens is 2. The maximum Gasteiger partial charge on any atom is 0.421 e. The van der Waals surface area contributed by atoms with E-state index in [-0.39, 0.29) is 17.7 Å². The van der Waals surface area contributed by atoms with Gasteiger partial charge in [0.15, 0.2) is 0 Å². The average molecular weight is 323 g/mol. The second-order valence-electron chi connectivity index (χ2n) is 5.28. The highest BCUT2D eigenvalue weighted by Crippen LogP contribution is 2.34. The van der Waals surface area contributed by atoms with Crippen molar-refractivity contribution in [2.24, 2.45) is 0 Å². The molecule has 0 aliphatic rings. The summed E-state index contributed by atoms with van der Waals surface area (Å²) in [5.41, 5.74) is 0.859. The minimum absolute atomic E-state index is 0.113. The molecule has 0 bridgehead atoms. The van der Waals surface area contributed by atoms with Crippen LogP contribution in [-0.4, -0.2) is 16.5 Å². The van der Waals surface area contributed by atoms with Crippen LogP contribution in [0.5, 0.6) is 0 Å². The molecule has 2 aromatic rings. The summed E-state index contributed by atoms with van der Waals surface area (Å²) < 4.78 is 38.9. The zero-order chi connectivity index (χ0) is 17.0. The molecule has 0 fully saturated rings. The molecule has 0 aliphatic heterocycles. The summed E-state index contributed by atoms with van der Waals surface area (Å²) in [6.45, 7) is 6.08. The van der Waals surface area contributed by atoms with Crippen LogP contribution in [-0.2, 0) is 6.18 Å². The van der Waals surface area contributed by atoms with Crippen molar-refractivity contribution < 1.29 is 13.2 Å². The zero-order valence-electron chi connectivity index (χ0n) is 13.1. The predicted molar refractivity (Wildman–Crippen MR) is 83.8 cm³/mol. The lowest BCUT2D eigenvalue weighted by Crippen LogP contribution is -2.14. The Balaban J connectivity index is 2.37. The number of hydrogen-bond donors (Lipinski definition) is 2. The van der Waals surface area contributed by atoms with Gasteiger partial charge < -0.3 is 10.6 Å². The third-order valence-electron chi connectivity index (χ3n) is 3.20. The first kappa shape index (κ1) is 17.1. The summed E-state index contributed by atoms with van der Waals surface area (Å²) in [5.74, 6) is 0.116. The van der Waals surface area contributed by atoms with Gasteiger partial charge in [-0.2, -0.15) is 18.2 Å². The lowest BCUT2D eigenvalue weighted by molar-refractivity contribution is -0.137. The van der Waals surface area contributed by atoms with E-state index in [4.69, 9.17) is 0 Å². The van der Waals surface area contributed by atoms with Gasteiger partial charge in [-0.15, -0.1) is 0 Å². The van der Waals surface area contributed by atoms with Crippen LogP contribution in [0.25, 0.3) is 0 Å². The summed E-state index contributed by atoms with van der Waals surface area (Å²) >= 11 is 0. The molecule has 0 amide bonds. The molecule has 0 saturated heterocycles. The molecule has 0 aliphatic carbocycles. The second-order valence-corrected chi connectivity index (χ2v) is 5.28. The molecule has 1 radical (unpaired) electrons. The Morgan fingerprint density at radius 1 is 1.30 bits per heavy atom. The fraction of sp³-hybridized carbons (Fsp3) is 0.375. The zero-order valence-corrected chi connectivity index (χ0v) is 13.1. The highest BCUT2D eigenvalue weighted by atomic mass is 19.4. The van der Waals surface area contributed by atoms with E-state index in [0.29, 0.717) is 6.54 Å². The van der Waals surface area contributed by atoms with Crippen molar-refractivity contribution in [3.8, 4) is 0 Å². The van der Waals surface area contributed by atoms with Crippen LogP contribution in [0, 0.1) is 6.07 Å². The molecule has 0 spiro atoms. The van der Waals surface area contributed by atoms with Gasteiger partial charge in [0.05, 0.1) is 0 Å². The second kappa shape index (κ2) is 6.85. The molecule has 7 heteroatoms. The van der Waals surface area contributed by atoms with Gasteiger partial charge in [-0.25, -0.2) is 4.98 Å². The standard InChI is InChI=1S/C16H18F3N4/c1-4-20-14-12(16(17,18)19)9-21-15(23-14)22-13-8-6-5-7-11(13)10(2)3/h6-10H,4H2,1-3H3,(H2,20,21,22,23). The van der Waals surface area contributed by atoms with Gasteiger partial charge in [-0.1, -0.05) is 19.9 Å². The van der Waals surface area contributed by atoms with Gasteiger partial charge in [0.25, 0.3) is 0 Å². The summed E-state index contributed by atoms with van der Waals surface area (Å²) in [4.78, 5) is 7.75. The van der Waals surface area contributed by atoms with E-state index in [1.807, 2.05) is 19.9 Å². The lowest BCUT2D eigenvalue weighted by Gasteiger charge is -2.16. The Kier molecular flexibility index (Phi) is 5.08. The van der Waals surface area contributed by atoms with Gasteiger partial charge in [0, 0.05) is 18.4 Å². The summed E-state index contributed by atoms with van der Waals surface area (Å²) in [5, 5.41) is 5.61. The third kappa shape index (κ3) is 4.12. The molecule has 0 unspecified atom stereocenters. The predicted octanol–water partition coefficient (Wildman–Crippen LogP) is 4.59. The number of rotatable bonds is 5. The van der Waals surface area contributed by atoms with Gasteiger partial charge in [-0.3, -0.25) is 0 Å². The van der Waals surface area contributed by atoms with Gasteiger partial charge >= 0.3 is 6.18 Å². The van der Waals surface area contributed by atoms with Gasteiger partial charge in [-0.05, 0) is 36.6 Å². The normalized spacial score (nSPS) is 11.6. The number of nitrogens with one attached hydrogen (secondary N) is 2. The highest BCUT2D eigenvalue weighted by molar-refractivity contribution is 5.61. The van der Waals surface area contributed by atoms with Crippen molar-refractivity contribution in [2.75, 3.05) is 17.2 Å². The molecule has 4 nitrogen and oxygen atoms in total. The van der Waals surface area contributed by atoms with Crippen molar-refractivity contribution in [2.45, 2.75) is 32.9 Å². The molecule has 1 heterocycles. The summed E-state index contributed by atoms with van der Waals surface area (Å²) in [7, 11) is 0. The first-order valence-corrected chi connectivity index (χ1v) is 7.28. The lowest BCUT2D eigenvalue weighted by atomic mass is 10.0. The number of alkyl halides is 3.